The van der Waals surface area contributed by atoms with E-state index >= 15 is 0 Å². The Balaban J connectivity index is 1.44. The van der Waals surface area contributed by atoms with E-state index in [9.17, 15) is 13.2 Å². The molecule has 1 heterocycles. The average molecular weight is 506 g/mol. The molecule has 0 saturated heterocycles. The Hall–Kier alpha value is -4.18. The van der Waals surface area contributed by atoms with Crippen LogP contribution < -0.4 is 14.9 Å². The van der Waals surface area contributed by atoms with Gasteiger partial charge in [0.05, 0.1) is 28.8 Å². The molecule has 2 N–H and O–H groups in total. The summed E-state index contributed by atoms with van der Waals surface area (Å²) >= 11 is 0. The number of fused-ring (bicyclic) bond motifs is 1. The van der Waals surface area contributed by atoms with Crippen molar-refractivity contribution in [2.45, 2.75) is 32.2 Å². The van der Waals surface area contributed by atoms with Crippen molar-refractivity contribution in [3.8, 4) is 5.75 Å². The van der Waals surface area contributed by atoms with E-state index < -0.39 is 10.0 Å². The van der Waals surface area contributed by atoms with Crippen LogP contribution in [0.4, 0.5) is 5.69 Å². The first-order valence-corrected chi connectivity index (χ1v) is 12.8. The van der Waals surface area contributed by atoms with E-state index in [1.54, 1.807) is 62.6 Å². The molecular weight excluding hydrogens is 478 g/mol. The second kappa shape index (κ2) is 10.2. The SMILES string of the molecule is CCn1c(C)nc2cc(C(=O)N/N=C(\C)c3ccc(S(=O)(=O)Nc4ccc(OC)cc4)cc3)ccc21. The fourth-order valence-corrected chi connectivity index (χ4v) is 4.86. The molecule has 0 atom stereocenters. The molecule has 0 bridgehead atoms. The molecule has 0 aliphatic carbocycles. The molecule has 186 valence electrons. The molecule has 4 aromatic rings. The van der Waals surface area contributed by atoms with Gasteiger partial charge in [-0.05, 0) is 80.9 Å². The number of carbonyl (C=O) groups excluding carboxylic acids is 1. The maximum Gasteiger partial charge on any atom is 0.271 e. The van der Waals surface area contributed by atoms with E-state index in [0.29, 0.717) is 28.3 Å². The molecule has 0 aliphatic rings. The maximum atomic E-state index is 12.7. The zero-order valence-corrected chi connectivity index (χ0v) is 21.3. The highest BCUT2D eigenvalue weighted by molar-refractivity contribution is 7.92. The van der Waals surface area contributed by atoms with Gasteiger partial charge in [0.15, 0.2) is 0 Å². The quantitative estimate of drug-likeness (QED) is 0.273. The lowest BCUT2D eigenvalue weighted by molar-refractivity contribution is 0.0955. The number of hydrogen-bond acceptors (Lipinski definition) is 6. The Morgan fingerprint density at radius 3 is 2.33 bits per heavy atom. The molecule has 0 fully saturated rings. The van der Waals surface area contributed by atoms with Gasteiger partial charge < -0.3 is 9.30 Å². The van der Waals surface area contributed by atoms with Gasteiger partial charge in [0.1, 0.15) is 11.6 Å². The number of benzene rings is 3. The summed E-state index contributed by atoms with van der Waals surface area (Å²) in [5.74, 6) is 1.17. The second-order valence-electron chi connectivity index (χ2n) is 8.10. The number of imidazole rings is 1. The Morgan fingerprint density at radius 1 is 1.03 bits per heavy atom. The fraction of sp³-hybridized carbons (Fsp3) is 0.192. The van der Waals surface area contributed by atoms with Gasteiger partial charge in [-0.15, -0.1) is 0 Å². The van der Waals surface area contributed by atoms with Crippen LogP contribution in [0.25, 0.3) is 11.0 Å². The minimum absolute atomic E-state index is 0.106. The monoisotopic (exact) mass is 505 g/mol. The number of aryl methyl sites for hydroxylation is 2. The summed E-state index contributed by atoms with van der Waals surface area (Å²) in [5.41, 5.74) is 6.36. The molecule has 0 aliphatic heterocycles. The molecule has 4 rings (SSSR count). The zero-order valence-electron chi connectivity index (χ0n) is 20.4. The largest absolute Gasteiger partial charge is 0.497 e. The lowest BCUT2D eigenvalue weighted by atomic mass is 10.1. The van der Waals surface area contributed by atoms with E-state index in [1.807, 2.05) is 19.9 Å². The number of rotatable bonds is 8. The lowest BCUT2D eigenvalue weighted by Gasteiger charge is -2.09. The number of methoxy groups -OCH3 is 1. The summed E-state index contributed by atoms with van der Waals surface area (Å²) < 4.78 is 35.1. The number of hydrogen-bond donors (Lipinski definition) is 2. The van der Waals surface area contributed by atoms with Gasteiger partial charge in [-0.3, -0.25) is 9.52 Å². The standard InChI is InChI=1S/C26H27N5O4S/c1-5-31-18(3)27-24-16-20(8-15-25(24)31)26(32)29-28-17(2)19-6-13-23(14-7-19)36(33,34)30-21-9-11-22(35-4)12-10-21/h6-16,30H,5H2,1-4H3,(H,29,32)/b28-17+. The maximum absolute atomic E-state index is 12.7. The summed E-state index contributed by atoms with van der Waals surface area (Å²) in [7, 11) is -2.22. The highest BCUT2D eigenvalue weighted by Gasteiger charge is 2.15. The number of ether oxygens (including phenoxy) is 1. The van der Waals surface area contributed by atoms with Crippen molar-refractivity contribution in [3.63, 3.8) is 0 Å². The van der Waals surface area contributed by atoms with E-state index in [-0.39, 0.29) is 10.8 Å². The van der Waals surface area contributed by atoms with Crippen LogP contribution in [0.15, 0.2) is 76.7 Å². The van der Waals surface area contributed by atoms with Crippen molar-refractivity contribution in [2.24, 2.45) is 5.10 Å². The van der Waals surface area contributed by atoms with Crippen molar-refractivity contribution in [2.75, 3.05) is 11.8 Å². The van der Waals surface area contributed by atoms with Crippen LogP contribution in [0, 0.1) is 6.92 Å². The number of nitrogens with one attached hydrogen (secondary N) is 2. The number of nitrogens with zero attached hydrogens (tertiary/aromatic N) is 3. The molecule has 0 spiro atoms. The zero-order chi connectivity index (χ0) is 25.9. The van der Waals surface area contributed by atoms with Gasteiger partial charge in [0.25, 0.3) is 15.9 Å². The average Bonchev–Trinajstić information content (AvgIpc) is 3.21. The molecule has 0 radical (unpaired) electrons. The Labute approximate surface area is 209 Å². The molecule has 0 unspecified atom stereocenters. The molecule has 3 aromatic carbocycles. The molecule has 0 saturated carbocycles. The van der Waals surface area contributed by atoms with E-state index in [4.69, 9.17) is 4.74 Å². The van der Waals surface area contributed by atoms with Crippen LogP contribution in [0.3, 0.4) is 0 Å². The van der Waals surface area contributed by atoms with Crippen LogP contribution in [-0.4, -0.2) is 36.7 Å². The van der Waals surface area contributed by atoms with Crippen LogP contribution in [0.2, 0.25) is 0 Å². The number of carbonyl (C=O) groups is 1. The molecule has 10 heteroatoms. The summed E-state index contributed by atoms with van der Waals surface area (Å²) in [5, 5.41) is 4.18. The summed E-state index contributed by atoms with van der Waals surface area (Å²) in [4.78, 5) is 17.3. The predicted molar refractivity (Wildman–Crippen MR) is 140 cm³/mol. The van der Waals surface area contributed by atoms with E-state index in [2.05, 4.69) is 24.8 Å². The van der Waals surface area contributed by atoms with Gasteiger partial charge in [-0.2, -0.15) is 5.10 Å². The number of hydrazone groups is 1. The van der Waals surface area contributed by atoms with Gasteiger partial charge >= 0.3 is 0 Å². The Bertz CT molecular complexity index is 1540. The lowest BCUT2D eigenvalue weighted by Crippen LogP contribution is -2.19. The highest BCUT2D eigenvalue weighted by Crippen LogP contribution is 2.20. The third-order valence-electron chi connectivity index (χ3n) is 5.77. The van der Waals surface area contributed by atoms with Crippen molar-refractivity contribution >= 4 is 38.4 Å². The third-order valence-corrected chi connectivity index (χ3v) is 7.16. The van der Waals surface area contributed by atoms with Crippen LogP contribution in [0.5, 0.6) is 5.75 Å². The Morgan fingerprint density at radius 2 is 1.69 bits per heavy atom. The summed E-state index contributed by atoms with van der Waals surface area (Å²) in [6.45, 7) is 6.51. The van der Waals surface area contributed by atoms with Crippen LogP contribution >= 0.6 is 0 Å². The minimum atomic E-state index is -3.77. The third kappa shape index (κ3) is 5.23. The summed E-state index contributed by atoms with van der Waals surface area (Å²) in [6, 6.07) is 18.2. The minimum Gasteiger partial charge on any atom is -0.497 e. The van der Waals surface area contributed by atoms with E-state index in [0.717, 1.165) is 23.4 Å². The van der Waals surface area contributed by atoms with Crippen LogP contribution in [0.1, 0.15) is 35.6 Å². The smallest absolute Gasteiger partial charge is 0.271 e. The van der Waals surface area contributed by atoms with Gasteiger partial charge in [-0.25, -0.2) is 18.8 Å². The number of sulfonamides is 1. The first kappa shape index (κ1) is 24.9. The molecular formula is C26H27N5O4S. The van der Waals surface area contributed by atoms with Crippen molar-refractivity contribution in [1.29, 1.82) is 0 Å². The predicted octanol–water partition coefficient (Wildman–Crippen LogP) is 4.33. The normalized spacial score (nSPS) is 11.9. The van der Waals surface area contributed by atoms with Gasteiger partial charge in [-0.1, -0.05) is 12.1 Å². The van der Waals surface area contributed by atoms with Crippen molar-refractivity contribution in [3.05, 3.63) is 83.7 Å². The second-order valence-corrected chi connectivity index (χ2v) is 9.79. The van der Waals surface area contributed by atoms with Gasteiger partial charge in [0, 0.05) is 17.8 Å². The van der Waals surface area contributed by atoms with Crippen molar-refractivity contribution < 1.29 is 17.9 Å². The fourth-order valence-electron chi connectivity index (χ4n) is 3.80. The molecule has 36 heavy (non-hydrogen) atoms. The first-order chi connectivity index (χ1) is 17.2. The first-order valence-electron chi connectivity index (χ1n) is 11.3. The van der Waals surface area contributed by atoms with E-state index in [1.165, 1.54) is 12.1 Å². The number of amides is 1. The molecule has 9 nitrogen and oxygen atoms in total. The molecule has 1 aromatic heterocycles. The number of anilines is 1. The van der Waals surface area contributed by atoms with Gasteiger partial charge in [0.2, 0.25) is 0 Å². The number of aromatic nitrogens is 2. The summed E-state index contributed by atoms with van der Waals surface area (Å²) in [6.07, 6.45) is 0. The van der Waals surface area contributed by atoms with Crippen LogP contribution in [-0.2, 0) is 16.6 Å². The molecule has 1 amide bonds. The van der Waals surface area contributed by atoms with Crippen molar-refractivity contribution in [1.82, 2.24) is 15.0 Å². The Kier molecular flexibility index (Phi) is 7.07. The highest BCUT2D eigenvalue weighted by atomic mass is 32.2. The topological polar surface area (TPSA) is 115 Å².